The number of aromatic hydroxyl groups is 2. The lowest BCUT2D eigenvalue weighted by Crippen LogP contribution is -2.23. The second kappa shape index (κ2) is 3.68. The lowest BCUT2D eigenvalue weighted by atomic mass is 9.81. The Kier molecular flexibility index (Phi) is 2.22. The Labute approximate surface area is 108 Å². The van der Waals surface area contributed by atoms with Crippen molar-refractivity contribution in [1.82, 2.24) is 4.98 Å². The average Bonchev–Trinajstić information content (AvgIpc) is 2.42. The molecule has 0 aliphatic heterocycles. The monoisotopic (exact) mass is 253 g/mol. The lowest BCUT2D eigenvalue weighted by molar-refractivity contribution is 0.0814. The molecular formula is C13H8BNO4. The minimum atomic E-state index is -0.749. The molecule has 6 heteroatoms. The van der Waals surface area contributed by atoms with Gasteiger partial charge in [-0.05, 0) is 23.7 Å². The molecule has 1 heterocycles. The predicted octanol–water partition coefficient (Wildman–Crippen LogP) is -0.203. The van der Waals surface area contributed by atoms with Gasteiger partial charge in [-0.1, -0.05) is 0 Å². The van der Waals surface area contributed by atoms with E-state index in [9.17, 15) is 19.8 Å². The van der Waals surface area contributed by atoms with Crippen molar-refractivity contribution >= 4 is 24.9 Å². The van der Waals surface area contributed by atoms with E-state index in [2.05, 4.69) is 4.98 Å². The molecule has 3 rings (SSSR count). The number of nitrogens with zero attached hydrogens (tertiary/aromatic N) is 1. The zero-order valence-corrected chi connectivity index (χ0v) is 9.97. The summed E-state index contributed by atoms with van der Waals surface area (Å²) >= 11 is 0. The molecule has 19 heavy (non-hydrogen) atoms. The molecule has 92 valence electrons. The highest BCUT2D eigenvalue weighted by molar-refractivity contribution is 6.53. The number of hydrogen-bond acceptors (Lipinski definition) is 5. The maximum atomic E-state index is 12.0. The fourth-order valence-electron chi connectivity index (χ4n) is 2.20. The normalized spacial score (nSPS) is 13.1. The standard InChI is InChI=1S/C13H8BNO4/c14-9-7(16)4-6-8(13(9)19)10-5(2-1-3-15-10)11(17)12(6)18/h1-4,16,19H,14H2. The van der Waals surface area contributed by atoms with Gasteiger partial charge in [-0.25, -0.2) is 0 Å². The molecule has 1 aromatic heterocycles. The fourth-order valence-corrected chi connectivity index (χ4v) is 2.20. The first-order valence-electron chi connectivity index (χ1n) is 5.62. The van der Waals surface area contributed by atoms with Crippen LogP contribution in [0.3, 0.4) is 0 Å². The second-order valence-corrected chi connectivity index (χ2v) is 4.35. The summed E-state index contributed by atoms with van der Waals surface area (Å²) in [5, 5.41) is 19.8. The minimum absolute atomic E-state index is 0.0169. The third-order valence-electron chi connectivity index (χ3n) is 3.27. The van der Waals surface area contributed by atoms with Crippen molar-refractivity contribution in [2.45, 2.75) is 0 Å². The molecule has 0 saturated carbocycles. The first-order valence-corrected chi connectivity index (χ1v) is 5.62. The van der Waals surface area contributed by atoms with E-state index >= 15 is 0 Å². The van der Waals surface area contributed by atoms with Gasteiger partial charge in [0, 0.05) is 11.8 Å². The van der Waals surface area contributed by atoms with Gasteiger partial charge in [0.2, 0.25) is 11.6 Å². The molecule has 1 aromatic carbocycles. The van der Waals surface area contributed by atoms with Crippen LogP contribution >= 0.6 is 0 Å². The van der Waals surface area contributed by atoms with Crippen LogP contribution in [-0.4, -0.2) is 34.6 Å². The smallest absolute Gasteiger partial charge is 0.235 e. The van der Waals surface area contributed by atoms with Gasteiger partial charge in [0.25, 0.3) is 0 Å². The number of fused-ring (bicyclic) bond motifs is 3. The quantitative estimate of drug-likeness (QED) is 0.501. The van der Waals surface area contributed by atoms with Crippen LogP contribution in [0.25, 0.3) is 11.3 Å². The maximum absolute atomic E-state index is 12.0. The summed E-state index contributed by atoms with van der Waals surface area (Å²) in [7, 11) is 1.52. The molecule has 0 spiro atoms. The van der Waals surface area contributed by atoms with E-state index < -0.39 is 11.6 Å². The largest absolute Gasteiger partial charge is 0.508 e. The Hall–Kier alpha value is -2.63. The number of carbonyl (C=O) groups excluding carboxylic acids is 2. The van der Waals surface area contributed by atoms with E-state index in [-0.39, 0.29) is 39.3 Å². The van der Waals surface area contributed by atoms with Crippen molar-refractivity contribution in [2.24, 2.45) is 0 Å². The molecule has 0 radical (unpaired) electrons. The van der Waals surface area contributed by atoms with Crippen LogP contribution in [0.15, 0.2) is 24.4 Å². The highest BCUT2D eigenvalue weighted by Crippen LogP contribution is 2.38. The van der Waals surface area contributed by atoms with Crippen molar-refractivity contribution in [2.75, 3.05) is 0 Å². The van der Waals surface area contributed by atoms with Crippen molar-refractivity contribution in [1.29, 1.82) is 0 Å². The number of carbonyl (C=O) groups is 2. The van der Waals surface area contributed by atoms with Crippen LogP contribution in [0.2, 0.25) is 0 Å². The van der Waals surface area contributed by atoms with E-state index in [1.165, 1.54) is 26.2 Å². The van der Waals surface area contributed by atoms with Crippen LogP contribution in [0.5, 0.6) is 11.5 Å². The highest BCUT2D eigenvalue weighted by Gasteiger charge is 2.34. The minimum Gasteiger partial charge on any atom is -0.508 e. The van der Waals surface area contributed by atoms with Crippen LogP contribution in [0.4, 0.5) is 0 Å². The zero-order chi connectivity index (χ0) is 13.7. The number of benzene rings is 1. The zero-order valence-electron chi connectivity index (χ0n) is 9.97. The number of pyridine rings is 1. The third-order valence-corrected chi connectivity index (χ3v) is 3.27. The van der Waals surface area contributed by atoms with Gasteiger partial charge in [-0.2, -0.15) is 0 Å². The van der Waals surface area contributed by atoms with Crippen LogP contribution in [-0.2, 0) is 0 Å². The fraction of sp³-hybridized carbons (Fsp3) is 0. The second-order valence-electron chi connectivity index (χ2n) is 4.35. The van der Waals surface area contributed by atoms with Gasteiger partial charge in [0.1, 0.15) is 19.3 Å². The molecule has 2 aromatic rings. The molecule has 0 atom stereocenters. The Balaban J connectivity index is 2.48. The molecule has 2 N–H and O–H groups in total. The van der Waals surface area contributed by atoms with Gasteiger partial charge >= 0.3 is 0 Å². The number of rotatable bonds is 0. The summed E-state index contributed by atoms with van der Waals surface area (Å²) in [5.41, 5.74) is 0.868. The Morgan fingerprint density at radius 1 is 1.11 bits per heavy atom. The van der Waals surface area contributed by atoms with E-state index in [1.807, 2.05) is 0 Å². The first kappa shape index (κ1) is 11.5. The lowest BCUT2D eigenvalue weighted by Gasteiger charge is -2.19. The van der Waals surface area contributed by atoms with Crippen LogP contribution in [0.1, 0.15) is 20.7 Å². The summed E-state index contributed by atoms with van der Waals surface area (Å²) in [6, 6.07) is 4.24. The van der Waals surface area contributed by atoms with Gasteiger partial charge in [-0.15, -0.1) is 0 Å². The first-order chi connectivity index (χ1) is 9.02. The van der Waals surface area contributed by atoms with E-state index in [4.69, 9.17) is 0 Å². The number of hydrogen-bond donors (Lipinski definition) is 2. The number of phenols is 2. The van der Waals surface area contributed by atoms with Gasteiger partial charge < -0.3 is 10.2 Å². The Morgan fingerprint density at radius 2 is 1.79 bits per heavy atom. The summed E-state index contributed by atoms with van der Waals surface area (Å²) < 4.78 is 0. The SMILES string of the molecule is Bc1c(O)cc2c(c1O)-c1ncccc1C(=O)C2=O. The Bertz CT molecular complexity index is 755. The number of Topliss-reactive ketones (excluding diaryl/α,β-unsaturated/α-hetero) is 2. The van der Waals surface area contributed by atoms with Crippen LogP contribution in [0, 0.1) is 0 Å². The van der Waals surface area contributed by atoms with Crippen molar-refractivity contribution in [3.63, 3.8) is 0 Å². The molecule has 5 nitrogen and oxygen atoms in total. The van der Waals surface area contributed by atoms with Gasteiger partial charge in [-0.3, -0.25) is 14.6 Å². The average molecular weight is 253 g/mol. The van der Waals surface area contributed by atoms with E-state index in [0.29, 0.717) is 0 Å². The third kappa shape index (κ3) is 1.40. The predicted molar refractivity (Wildman–Crippen MR) is 69.8 cm³/mol. The summed E-state index contributed by atoms with van der Waals surface area (Å²) in [6.07, 6.45) is 1.48. The molecule has 0 fully saturated rings. The van der Waals surface area contributed by atoms with Crippen molar-refractivity contribution in [3.05, 3.63) is 35.5 Å². The number of aromatic nitrogens is 1. The number of phenolic OH excluding ortho intramolecular Hbond substituents is 2. The molecule has 1 aliphatic carbocycles. The Morgan fingerprint density at radius 3 is 2.53 bits per heavy atom. The molecule has 1 aliphatic rings. The van der Waals surface area contributed by atoms with Crippen molar-refractivity contribution < 1.29 is 19.8 Å². The van der Waals surface area contributed by atoms with Crippen molar-refractivity contribution in [3.8, 4) is 22.8 Å². The molecule has 0 amide bonds. The summed E-state index contributed by atoms with van der Waals surface area (Å²) in [5.74, 6) is -1.88. The molecule has 0 unspecified atom stereocenters. The summed E-state index contributed by atoms with van der Waals surface area (Å²) in [4.78, 5) is 28.0. The van der Waals surface area contributed by atoms with Gasteiger partial charge in [0.15, 0.2) is 0 Å². The van der Waals surface area contributed by atoms with E-state index in [0.717, 1.165) is 0 Å². The molecule has 0 saturated heterocycles. The highest BCUT2D eigenvalue weighted by atomic mass is 16.3. The maximum Gasteiger partial charge on any atom is 0.235 e. The molecular weight excluding hydrogens is 245 g/mol. The topological polar surface area (TPSA) is 87.5 Å². The summed E-state index contributed by atoms with van der Waals surface area (Å²) in [6.45, 7) is 0. The van der Waals surface area contributed by atoms with Gasteiger partial charge in [0.05, 0.1) is 16.8 Å². The van der Waals surface area contributed by atoms with E-state index in [1.54, 1.807) is 6.07 Å². The molecule has 0 bridgehead atoms. The van der Waals surface area contributed by atoms with Crippen LogP contribution < -0.4 is 5.46 Å². The number of ketones is 2.